The van der Waals surface area contributed by atoms with E-state index in [9.17, 15) is 4.39 Å². The highest BCUT2D eigenvalue weighted by Gasteiger charge is 2.27. The third-order valence-corrected chi connectivity index (χ3v) is 5.60. The Morgan fingerprint density at radius 2 is 1.92 bits per heavy atom. The summed E-state index contributed by atoms with van der Waals surface area (Å²) in [4.78, 5) is 2.48. The summed E-state index contributed by atoms with van der Waals surface area (Å²) in [6, 6.07) is 16.4. The molecular weight excluding hydrogens is 311 g/mol. The van der Waals surface area contributed by atoms with Crippen molar-refractivity contribution in [1.82, 2.24) is 9.47 Å². The zero-order chi connectivity index (χ0) is 17.4. The molecule has 1 aliphatic rings. The first-order valence-electron chi connectivity index (χ1n) is 9.25. The summed E-state index contributed by atoms with van der Waals surface area (Å²) in [5.41, 5.74) is 5.24. The standard InChI is InChI=1S/C22H25FN2/c1-3-24-15-20-19-14-18(23)9-10-21(19)25(22(20)13-16(24)2)12-11-17-7-5-4-6-8-17/h4-10,14,16H,3,11-13,15H2,1-2H3. The van der Waals surface area contributed by atoms with Crippen LogP contribution in [-0.4, -0.2) is 22.1 Å². The SMILES string of the molecule is CCN1Cc2c(n(CCc3ccccc3)c3ccc(F)cc23)CC1C. The van der Waals surface area contributed by atoms with Gasteiger partial charge in [-0.15, -0.1) is 0 Å². The van der Waals surface area contributed by atoms with E-state index in [1.54, 1.807) is 12.1 Å². The van der Waals surface area contributed by atoms with Gasteiger partial charge in [0.1, 0.15) is 5.82 Å². The molecule has 2 aromatic carbocycles. The molecule has 0 saturated carbocycles. The van der Waals surface area contributed by atoms with Gasteiger partial charge in [-0.1, -0.05) is 37.3 Å². The first kappa shape index (κ1) is 16.3. The molecule has 0 N–H and O–H groups in total. The Morgan fingerprint density at radius 3 is 2.68 bits per heavy atom. The second-order valence-corrected chi connectivity index (χ2v) is 7.09. The minimum Gasteiger partial charge on any atom is -0.344 e. The van der Waals surface area contributed by atoms with Crippen LogP contribution in [0.3, 0.4) is 0 Å². The number of fused-ring (bicyclic) bond motifs is 3. The lowest BCUT2D eigenvalue weighted by atomic mass is 9.99. The molecule has 0 radical (unpaired) electrons. The van der Waals surface area contributed by atoms with Crippen LogP contribution in [0.1, 0.15) is 30.7 Å². The van der Waals surface area contributed by atoms with Crippen molar-refractivity contribution in [2.75, 3.05) is 6.54 Å². The Morgan fingerprint density at radius 1 is 1.12 bits per heavy atom. The predicted molar refractivity (Wildman–Crippen MR) is 101 cm³/mol. The van der Waals surface area contributed by atoms with Gasteiger partial charge in [0, 0.05) is 42.1 Å². The summed E-state index contributed by atoms with van der Waals surface area (Å²) < 4.78 is 16.3. The zero-order valence-corrected chi connectivity index (χ0v) is 15.0. The van der Waals surface area contributed by atoms with Gasteiger partial charge < -0.3 is 4.57 Å². The molecule has 1 aromatic heterocycles. The molecule has 2 nitrogen and oxygen atoms in total. The van der Waals surface area contributed by atoms with Crippen LogP contribution in [0.15, 0.2) is 48.5 Å². The van der Waals surface area contributed by atoms with E-state index in [2.05, 4.69) is 53.6 Å². The van der Waals surface area contributed by atoms with E-state index < -0.39 is 0 Å². The molecule has 0 spiro atoms. The molecule has 4 rings (SSSR count). The van der Waals surface area contributed by atoms with Gasteiger partial charge in [-0.25, -0.2) is 4.39 Å². The highest BCUT2D eigenvalue weighted by Crippen LogP contribution is 2.33. The fourth-order valence-electron chi connectivity index (χ4n) is 4.19. The number of likely N-dealkylation sites (N-methyl/N-ethyl adjacent to an activating group) is 1. The van der Waals surface area contributed by atoms with Crippen LogP contribution in [0.5, 0.6) is 0 Å². The summed E-state index contributed by atoms with van der Waals surface area (Å²) in [7, 11) is 0. The van der Waals surface area contributed by atoms with Crippen LogP contribution in [0, 0.1) is 5.82 Å². The van der Waals surface area contributed by atoms with Crippen LogP contribution in [0.4, 0.5) is 4.39 Å². The first-order chi connectivity index (χ1) is 12.2. The van der Waals surface area contributed by atoms with Crippen LogP contribution < -0.4 is 0 Å². The number of nitrogens with zero attached hydrogens (tertiary/aromatic N) is 2. The molecule has 3 aromatic rings. The van der Waals surface area contributed by atoms with Crippen molar-refractivity contribution in [2.45, 2.75) is 45.8 Å². The van der Waals surface area contributed by atoms with Crippen LogP contribution in [-0.2, 0) is 25.9 Å². The van der Waals surface area contributed by atoms with Gasteiger partial charge in [0.2, 0.25) is 0 Å². The molecule has 1 unspecified atom stereocenters. The monoisotopic (exact) mass is 336 g/mol. The van der Waals surface area contributed by atoms with Crippen LogP contribution in [0.2, 0.25) is 0 Å². The topological polar surface area (TPSA) is 8.17 Å². The Kier molecular flexibility index (Phi) is 4.34. The lowest BCUT2D eigenvalue weighted by Crippen LogP contribution is -2.38. The molecule has 2 heterocycles. The molecule has 1 atom stereocenters. The first-order valence-corrected chi connectivity index (χ1v) is 9.25. The van der Waals surface area contributed by atoms with Crippen molar-refractivity contribution in [1.29, 1.82) is 0 Å². The van der Waals surface area contributed by atoms with Gasteiger partial charge in [0.05, 0.1) is 0 Å². The molecule has 0 saturated heterocycles. The fourth-order valence-corrected chi connectivity index (χ4v) is 4.19. The highest BCUT2D eigenvalue weighted by molar-refractivity contribution is 5.86. The molecule has 0 amide bonds. The normalized spacial score (nSPS) is 17.8. The molecule has 0 fully saturated rings. The van der Waals surface area contributed by atoms with E-state index in [4.69, 9.17) is 0 Å². The number of aryl methyl sites for hydroxylation is 2. The highest BCUT2D eigenvalue weighted by atomic mass is 19.1. The number of rotatable bonds is 4. The average Bonchev–Trinajstić information content (AvgIpc) is 2.92. The van der Waals surface area contributed by atoms with E-state index in [1.165, 1.54) is 22.3 Å². The van der Waals surface area contributed by atoms with Gasteiger partial charge >= 0.3 is 0 Å². The largest absolute Gasteiger partial charge is 0.344 e. The molecular formula is C22H25FN2. The second kappa shape index (κ2) is 6.64. The Bertz CT molecular complexity index is 882. The number of benzene rings is 2. The molecule has 1 aliphatic heterocycles. The van der Waals surface area contributed by atoms with Crippen LogP contribution in [0.25, 0.3) is 10.9 Å². The molecule has 130 valence electrons. The van der Waals surface area contributed by atoms with Gasteiger partial charge in [-0.3, -0.25) is 4.90 Å². The summed E-state index contributed by atoms with van der Waals surface area (Å²) in [6.07, 6.45) is 2.04. The Labute approximate surface area is 148 Å². The fraction of sp³-hybridized carbons (Fsp3) is 0.364. The van der Waals surface area contributed by atoms with E-state index in [-0.39, 0.29) is 5.82 Å². The maximum Gasteiger partial charge on any atom is 0.123 e. The lowest BCUT2D eigenvalue weighted by molar-refractivity contribution is 0.192. The summed E-state index contributed by atoms with van der Waals surface area (Å²) >= 11 is 0. The number of hydrogen-bond donors (Lipinski definition) is 0. The zero-order valence-electron chi connectivity index (χ0n) is 15.0. The van der Waals surface area contributed by atoms with Crippen molar-refractivity contribution < 1.29 is 4.39 Å². The van der Waals surface area contributed by atoms with Crippen molar-refractivity contribution >= 4 is 10.9 Å². The lowest BCUT2D eigenvalue weighted by Gasteiger charge is -2.33. The van der Waals surface area contributed by atoms with Crippen molar-refractivity contribution in [3.8, 4) is 0 Å². The third kappa shape index (κ3) is 2.98. The minimum absolute atomic E-state index is 0.142. The maximum absolute atomic E-state index is 13.9. The molecule has 3 heteroatoms. The van der Waals surface area contributed by atoms with Gasteiger partial charge in [0.15, 0.2) is 0 Å². The quantitative estimate of drug-likeness (QED) is 0.665. The van der Waals surface area contributed by atoms with Gasteiger partial charge in [-0.05, 0) is 49.2 Å². The summed E-state index contributed by atoms with van der Waals surface area (Å²) in [6.45, 7) is 7.40. The maximum atomic E-state index is 13.9. The molecule has 0 bridgehead atoms. The third-order valence-electron chi connectivity index (χ3n) is 5.60. The van der Waals surface area contributed by atoms with E-state index in [0.717, 1.165) is 37.9 Å². The molecule has 0 aliphatic carbocycles. The van der Waals surface area contributed by atoms with E-state index in [1.807, 2.05) is 6.07 Å². The van der Waals surface area contributed by atoms with Crippen LogP contribution >= 0.6 is 0 Å². The Hall–Kier alpha value is -2.13. The Balaban J connectivity index is 1.77. The van der Waals surface area contributed by atoms with Crippen molar-refractivity contribution in [3.63, 3.8) is 0 Å². The number of aromatic nitrogens is 1. The van der Waals surface area contributed by atoms with E-state index in [0.29, 0.717) is 6.04 Å². The van der Waals surface area contributed by atoms with Gasteiger partial charge in [-0.2, -0.15) is 0 Å². The van der Waals surface area contributed by atoms with E-state index >= 15 is 0 Å². The average molecular weight is 336 g/mol. The number of halogens is 1. The summed E-state index contributed by atoms with van der Waals surface area (Å²) in [5.74, 6) is -0.142. The summed E-state index contributed by atoms with van der Waals surface area (Å²) in [5, 5.41) is 1.09. The predicted octanol–water partition coefficient (Wildman–Crippen LogP) is 4.79. The second-order valence-electron chi connectivity index (χ2n) is 7.09. The minimum atomic E-state index is -0.142. The molecule has 25 heavy (non-hydrogen) atoms. The van der Waals surface area contributed by atoms with Crippen molar-refractivity contribution in [3.05, 3.63) is 71.2 Å². The van der Waals surface area contributed by atoms with Crippen molar-refractivity contribution in [2.24, 2.45) is 0 Å². The smallest absolute Gasteiger partial charge is 0.123 e. The number of hydrogen-bond acceptors (Lipinski definition) is 1. The van der Waals surface area contributed by atoms with Gasteiger partial charge in [0.25, 0.3) is 0 Å².